The maximum absolute atomic E-state index is 13.6. The molecule has 2 aromatic rings. The van der Waals surface area contributed by atoms with E-state index in [-0.39, 0.29) is 17.9 Å². The zero-order chi connectivity index (χ0) is 14.3. The molecule has 0 unspecified atom stereocenters. The molecule has 0 saturated carbocycles. The van der Waals surface area contributed by atoms with Gasteiger partial charge in [0.2, 0.25) is 0 Å². The Bertz CT molecular complexity index is 773. The molecular weight excluding hydrogens is 288 g/mol. The lowest BCUT2D eigenvalue weighted by Gasteiger charge is -2.20. The molecule has 0 saturated heterocycles. The molecule has 1 N–H and O–H groups in total. The van der Waals surface area contributed by atoms with Crippen LogP contribution in [0.15, 0.2) is 36.4 Å². The number of rotatable bonds is 1. The van der Waals surface area contributed by atoms with Gasteiger partial charge in [0.05, 0.1) is 0 Å². The van der Waals surface area contributed by atoms with Crippen molar-refractivity contribution in [2.45, 2.75) is 6.54 Å². The first kappa shape index (κ1) is 13.0. The third kappa shape index (κ3) is 2.37. The Morgan fingerprint density at radius 2 is 1.75 bits per heavy atom. The van der Waals surface area contributed by atoms with Crippen molar-refractivity contribution in [2.24, 2.45) is 0 Å². The number of hydrogen-bond acceptors (Lipinski definition) is 3. The molecule has 0 aromatic heterocycles. The number of hydrogen-bond donors (Lipinski definition) is 1. The molecule has 1 aliphatic rings. The van der Waals surface area contributed by atoms with Crippen LogP contribution < -0.4 is 8.91 Å². The van der Waals surface area contributed by atoms with Gasteiger partial charge in [-0.2, -0.15) is 13.1 Å². The molecule has 0 aliphatic carbocycles. The van der Waals surface area contributed by atoms with Crippen LogP contribution in [0.5, 0.6) is 5.75 Å². The number of benzene rings is 2. The fourth-order valence-electron chi connectivity index (χ4n) is 2.03. The smallest absolute Gasteiger partial charge is 0.370 e. The van der Waals surface area contributed by atoms with Gasteiger partial charge in [-0.15, -0.1) is 0 Å². The van der Waals surface area contributed by atoms with Crippen molar-refractivity contribution < 1.29 is 21.4 Å². The molecule has 20 heavy (non-hydrogen) atoms. The average Bonchev–Trinajstić information content (AvgIpc) is 2.39. The first-order valence-corrected chi connectivity index (χ1v) is 7.13. The molecule has 4 nitrogen and oxygen atoms in total. The molecule has 0 amide bonds. The highest BCUT2D eigenvalue weighted by atomic mass is 32.2. The van der Waals surface area contributed by atoms with Crippen LogP contribution in [-0.2, 0) is 16.8 Å². The van der Waals surface area contributed by atoms with Crippen molar-refractivity contribution in [2.75, 3.05) is 0 Å². The fraction of sp³-hybridized carbons (Fsp3) is 0.0769. The standard InChI is InChI=1S/C13H9F2NO3S/c14-10-3-1-8(2-4-10)12-6-11(15)5-9-7-16-20(17,18)19-13(9)12/h1-6,16H,7H2. The van der Waals surface area contributed by atoms with Crippen molar-refractivity contribution in [1.82, 2.24) is 4.72 Å². The minimum atomic E-state index is -3.89. The number of halogens is 2. The highest BCUT2D eigenvalue weighted by molar-refractivity contribution is 7.85. The Balaban J connectivity index is 2.20. The summed E-state index contributed by atoms with van der Waals surface area (Å²) >= 11 is 0. The van der Waals surface area contributed by atoms with Crippen molar-refractivity contribution >= 4 is 10.3 Å². The van der Waals surface area contributed by atoms with Gasteiger partial charge in [-0.05, 0) is 29.8 Å². The van der Waals surface area contributed by atoms with Crippen molar-refractivity contribution in [3.05, 3.63) is 53.6 Å². The predicted octanol–water partition coefficient (Wildman–Crippen LogP) is 2.36. The fourth-order valence-corrected chi connectivity index (χ4v) is 2.84. The van der Waals surface area contributed by atoms with E-state index in [4.69, 9.17) is 4.18 Å². The van der Waals surface area contributed by atoms with Crippen LogP contribution in [0.2, 0.25) is 0 Å². The predicted molar refractivity (Wildman–Crippen MR) is 68.2 cm³/mol. The highest BCUT2D eigenvalue weighted by Crippen LogP contribution is 2.37. The summed E-state index contributed by atoms with van der Waals surface area (Å²) in [4.78, 5) is 0. The largest absolute Gasteiger partial charge is 0.382 e. The van der Waals surface area contributed by atoms with Crippen LogP contribution >= 0.6 is 0 Å². The Labute approximate surface area is 114 Å². The van der Waals surface area contributed by atoms with E-state index in [0.29, 0.717) is 11.1 Å². The maximum Gasteiger partial charge on any atom is 0.382 e. The van der Waals surface area contributed by atoms with Gasteiger partial charge in [0.1, 0.15) is 11.6 Å². The second-order valence-corrected chi connectivity index (χ2v) is 5.67. The van der Waals surface area contributed by atoms with Gasteiger partial charge >= 0.3 is 10.3 Å². The van der Waals surface area contributed by atoms with Crippen molar-refractivity contribution in [3.8, 4) is 16.9 Å². The Kier molecular flexibility index (Phi) is 2.95. The maximum atomic E-state index is 13.6. The Hall–Kier alpha value is -1.99. The molecule has 0 atom stereocenters. The minimum absolute atomic E-state index is 0.0520. The lowest BCUT2D eigenvalue weighted by atomic mass is 10.0. The molecule has 0 fully saturated rings. The quantitative estimate of drug-likeness (QED) is 0.879. The van der Waals surface area contributed by atoms with Gasteiger partial charge in [-0.3, -0.25) is 0 Å². The second kappa shape index (κ2) is 4.53. The van der Waals surface area contributed by atoms with Crippen molar-refractivity contribution in [1.29, 1.82) is 0 Å². The zero-order valence-electron chi connectivity index (χ0n) is 10.1. The second-order valence-electron chi connectivity index (χ2n) is 4.31. The molecule has 1 aliphatic heterocycles. The van der Waals surface area contributed by atoms with E-state index < -0.39 is 21.9 Å². The lowest BCUT2D eigenvalue weighted by Crippen LogP contribution is -2.32. The molecule has 0 bridgehead atoms. The summed E-state index contributed by atoms with van der Waals surface area (Å²) in [5.41, 5.74) is 1.13. The van der Waals surface area contributed by atoms with Crippen LogP contribution in [0.1, 0.15) is 5.56 Å². The van der Waals surface area contributed by atoms with Gasteiger partial charge in [0.15, 0.2) is 5.75 Å². The van der Waals surface area contributed by atoms with E-state index in [1.165, 1.54) is 30.3 Å². The van der Waals surface area contributed by atoms with E-state index in [9.17, 15) is 17.2 Å². The summed E-state index contributed by atoms with van der Waals surface area (Å²) in [5.74, 6) is -0.890. The normalized spacial score (nSPS) is 16.3. The molecule has 104 valence electrons. The third-order valence-electron chi connectivity index (χ3n) is 2.92. The minimum Gasteiger partial charge on any atom is -0.370 e. The summed E-state index contributed by atoms with van der Waals surface area (Å²) < 4.78 is 56.5. The van der Waals surface area contributed by atoms with Crippen LogP contribution in [0.3, 0.4) is 0 Å². The number of nitrogens with one attached hydrogen (secondary N) is 1. The molecule has 3 rings (SSSR count). The first-order chi connectivity index (χ1) is 9.44. The summed E-state index contributed by atoms with van der Waals surface area (Å²) in [5, 5.41) is 0. The first-order valence-electron chi connectivity index (χ1n) is 5.72. The van der Waals surface area contributed by atoms with E-state index in [1.54, 1.807) is 0 Å². The summed E-state index contributed by atoms with van der Waals surface area (Å²) in [6.07, 6.45) is 0. The van der Waals surface area contributed by atoms with Crippen LogP contribution in [0.25, 0.3) is 11.1 Å². The molecule has 0 radical (unpaired) electrons. The van der Waals surface area contributed by atoms with Crippen LogP contribution in [-0.4, -0.2) is 8.42 Å². The summed E-state index contributed by atoms with van der Waals surface area (Å²) in [6.45, 7) is -0.0520. The van der Waals surface area contributed by atoms with E-state index in [1.807, 2.05) is 0 Å². The highest BCUT2D eigenvalue weighted by Gasteiger charge is 2.25. The van der Waals surface area contributed by atoms with Gasteiger partial charge in [-0.25, -0.2) is 8.78 Å². The van der Waals surface area contributed by atoms with Crippen LogP contribution in [0, 0.1) is 11.6 Å². The number of fused-ring (bicyclic) bond motifs is 1. The lowest BCUT2D eigenvalue weighted by molar-refractivity contribution is 0.452. The molecule has 7 heteroatoms. The zero-order valence-corrected chi connectivity index (χ0v) is 10.9. The van der Waals surface area contributed by atoms with Gasteiger partial charge in [0, 0.05) is 17.7 Å². The van der Waals surface area contributed by atoms with Crippen LogP contribution in [0.4, 0.5) is 8.78 Å². The van der Waals surface area contributed by atoms with E-state index in [0.717, 1.165) is 6.07 Å². The topological polar surface area (TPSA) is 55.4 Å². The molecule has 2 aromatic carbocycles. The third-order valence-corrected chi connectivity index (χ3v) is 3.80. The monoisotopic (exact) mass is 297 g/mol. The SMILES string of the molecule is O=S1(=O)NCc2cc(F)cc(-c3ccc(F)cc3)c2O1. The van der Waals surface area contributed by atoms with Gasteiger partial charge in [0.25, 0.3) is 0 Å². The molecule has 1 heterocycles. The molecule has 0 spiro atoms. The van der Waals surface area contributed by atoms with Gasteiger partial charge < -0.3 is 4.18 Å². The van der Waals surface area contributed by atoms with Crippen molar-refractivity contribution in [3.63, 3.8) is 0 Å². The van der Waals surface area contributed by atoms with E-state index >= 15 is 0 Å². The van der Waals surface area contributed by atoms with E-state index in [2.05, 4.69) is 4.72 Å². The summed E-state index contributed by atoms with van der Waals surface area (Å²) in [7, 11) is -3.89. The Morgan fingerprint density at radius 3 is 2.45 bits per heavy atom. The average molecular weight is 297 g/mol. The summed E-state index contributed by atoms with van der Waals surface area (Å²) in [6, 6.07) is 7.65. The van der Waals surface area contributed by atoms with Gasteiger partial charge in [-0.1, -0.05) is 12.1 Å². The molecular formula is C13H9F2NO3S. The Morgan fingerprint density at radius 1 is 1.05 bits per heavy atom.